The Kier molecular flexibility index (Phi) is 5.57. The Bertz CT molecular complexity index is 638. The molecule has 1 atom stereocenters. The maximum atomic E-state index is 12.9. The van der Waals surface area contributed by atoms with Crippen molar-refractivity contribution in [2.24, 2.45) is 0 Å². The van der Waals surface area contributed by atoms with Gasteiger partial charge in [0.25, 0.3) is 0 Å². The number of nitrogens with zero attached hydrogens (tertiary/aromatic N) is 1. The molecule has 2 rings (SSSR count). The van der Waals surface area contributed by atoms with E-state index in [0.29, 0.717) is 6.54 Å². The molecule has 0 saturated carbocycles. The van der Waals surface area contributed by atoms with Crippen LogP contribution in [0.5, 0.6) is 0 Å². The van der Waals surface area contributed by atoms with E-state index in [1.807, 2.05) is 50.2 Å². The smallest absolute Gasteiger partial charge is 0.315 e. The fraction of sp³-hybridized carbons (Fsp3) is 0.278. The van der Waals surface area contributed by atoms with Crippen LogP contribution in [-0.4, -0.2) is 20.1 Å². The zero-order valence-electron chi connectivity index (χ0n) is 13.6. The summed E-state index contributed by atoms with van der Waals surface area (Å²) in [7, 11) is 3.97. The number of hydrogen-bond donors (Lipinski definition) is 2. The Hall–Kier alpha value is -2.56. The molecule has 0 saturated heterocycles. The number of carbonyl (C=O) groups is 1. The van der Waals surface area contributed by atoms with Crippen molar-refractivity contribution in [1.82, 2.24) is 10.6 Å². The van der Waals surface area contributed by atoms with Crippen LogP contribution in [0.15, 0.2) is 48.5 Å². The summed E-state index contributed by atoms with van der Waals surface area (Å²) in [6.07, 6.45) is 0. The Morgan fingerprint density at radius 3 is 2.26 bits per heavy atom. The molecule has 5 heteroatoms. The normalized spacial score (nSPS) is 11.7. The van der Waals surface area contributed by atoms with Gasteiger partial charge in [0, 0.05) is 26.3 Å². The molecule has 4 nitrogen and oxygen atoms in total. The Morgan fingerprint density at radius 2 is 1.70 bits per heavy atom. The first-order valence-electron chi connectivity index (χ1n) is 7.52. The summed E-state index contributed by atoms with van der Waals surface area (Å²) in [5, 5.41) is 5.66. The number of hydrogen-bond acceptors (Lipinski definition) is 2. The number of nitrogens with one attached hydrogen (secondary N) is 2. The van der Waals surface area contributed by atoms with Gasteiger partial charge in [-0.3, -0.25) is 0 Å². The van der Waals surface area contributed by atoms with Crippen molar-refractivity contribution in [2.75, 3.05) is 19.0 Å². The maximum absolute atomic E-state index is 12.9. The summed E-state index contributed by atoms with van der Waals surface area (Å²) in [6, 6.07) is 13.7. The van der Waals surface area contributed by atoms with Crippen molar-refractivity contribution in [3.05, 3.63) is 65.5 Å². The first-order chi connectivity index (χ1) is 11.0. The number of urea groups is 1. The fourth-order valence-corrected chi connectivity index (χ4v) is 2.18. The van der Waals surface area contributed by atoms with E-state index in [9.17, 15) is 9.18 Å². The van der Waals surface area contributed by atoms with Crippen LogP contribution in [0, 0.1) is 5.82 Å². The number of carbonyl (C=O) groups excluding carboxylic acids is 1. The van der Waals surface area contributed by atoms with Gasteiger partial charge in [0.15, 0.2) is 0 Å². The third-order valence-electron chi connectivity index (χ3n) is 3.62. The molecule has 0 bridgehead atoms. The molecule has 1 unspecified atom stereocenters. The van der Waals surface area contributed by atoms with E-state index < -0.39 is 0 Å². The highest BCUT2D eigenvalue weighted by Gasteiger charge is 2.09. The molecule has 2 aromatic rings. The lowest BCUT2D eigenvalue weighted by molar-refractivity contribution is 0.237. The second-order valence-electron chi connectivity index (χ2n) is 5.66. The van der Waals surface area contributed by atoms with Crippen LogP contribution in [0.1, 0.15) is 24.1 Å². The molecular weight excluding hydrogens is 293 g/mol. The molecule has 122 valence electrons. The Morgan fingerprint density at radius 1 is 1.09 bits per heavy atom. The molecule has 0 heterocycles. The monoisotopic (exact) mass is 315 g/mol. The van der Waals surface area contributed by atoms with Gasteiger partial charge < -0.3 is 15.5 Å². The minimum atomic E-state index is -0.286. The number of amides is 2. The zero-order valence-corrected chi connectivity index (χ0v) is 13.6. The average molecular weight is 315 g/mol. The van der Waals surface area contributed by atoms with Gasteiger partial charge in [0.05, 0.1) is 6.04 Å². The van der Waals surface area contributed by atoms with Gasteiger partial charge in [-0.2, -0.15) is 0 Å². The van der Waals surface area contributed by atoms with E-state index in [-0.39, 0.29) is 17.9 Å². The Balaban J connectivity index is 1.83. The summed E-state index contributed by atoms with van der Waals surface area (Å²) >= 11 is 0. The molecular formula is C18H22FN3O. The molecule has 2 amide bonds. The third kappa shape index (κ3) is 4.98. The lowest BCUT2D eigenvalue weighted by atomic mass is 10.1. The molecule has 0 aromatic heterocycles. The zero-order chi connectivity index (χ0) is 16.8. The quantitative estimate of drug-likeness (QED) is 0.887. The number of rotatable bonds is 5. The number of halogens is 1. The molecule has 0 fully saturated rings. The summed E-state index contributed by atoms with van der Waals surface area (Å²) in [5.41, 5.74) is 3.00. The van der Waals surface area contributed by atoms with Gasteiger partial charge in [0.1, 0.15) is 5.82 Å². The van der Waals surface area contributed by atoms with Crippen molar-refractivity contribution < 1.29 is 9.18 Å². The molecule has 2 aromatic carbocycles. The molecule has 0 aliphatic rings. The predicted octanol–water partition coefficient (Wildman–Crippen LogP) is 3.45. The van der Waals surface area contributed by atoms with E-state index in [2.05, 4.69) is 10.6 Å². The van der Waals surface area contributed by atoms with Crippen LogP contribution in [-0.2, 0) is 6.54 Å². The van der Waals surface area contributed by atoms with Crippen molar-refractivity contribution in [1.29, 1.82) is 0 Å². The molecule has 0 radical (unpaired) electrons. The van der Waals surface area contributed by atoms with Crippen LogP contribution >= 0.6 is 0 Å². The predicted molar refractivity (Wildman–Crippen MR) is 91.0 cm³/mol. The summed E-state index contributed by atoms with van der Waals surface area (Å²) in [4.78, 5) is 14.0. The van der Waals surface area contributed by atoms with Crippen molar-refractivity contribution in [2.45, 2.75) is 19.5 Å². The first kappa shape index (κ1) is 16.8. The van der Waals surface area contributed by atoms with Gasteiger partial charge in [-0.05, 0) is 42.3 Å². The van der Waals surface area contributed by atoms with Gasteiger partial charge in [-0.15, -0.1) is 0 Å². The van der Waals surface area contributed by atoms with Crippen molar-refractivity contribution >= 4 is 11.7 Å². The van der Waals surface area contributed by atoms with Gasteiger partial charge >= 0.3 is 6.03 Å². The van der Waals surface area contributed by atoms with Gasteiger partial charge in [0.2, 0.25) is 0 Å². The molecule has 0 aliphatic heterocycles. The molecule has 2 N–H and O–H groups in total. The van der Waals surface area contributed by atoms with Crippen LogP contribution in [0.4, 0.5) is 14.9 Å². The fourth-order valence-electron chi connectivity index (χ4n) is 2.18. The second kappa shape index (κ2) is 7.63. The van der Waals surface area contributed by atoms with E-state index in [4.69, 9.17) is 0 Å². The summed E-state index contributed by atoms with van der Waals surface area (Å²) in [6.45, 7) is 2.31. The summed E-state index contributed by atoms with van der Waals surface area (Å²) < 4.78 is 12.9. The highest BCUT2D eigenvalue weighted by atomic mass is 19.1. The lowest BCUT2D eigenvalue weighted by Gasteiger charge is -2.16. The number of anilines is 1. The molecule has 0 aliphatic carbocycles. The number of benzene rings is 2. The summed E-state index contributed by atoms with van der Waals surface area (Å²) in [5.74, 6) is -0.286. The van der Waals surface area contributed by atoms with Crippen molar-refractivity contribution in [3.63, 3.8) is 0 Å². The maximum Gasteiger partial charge on any atom is 0.315 e. The topological polar surface area (TPSA) is 44.4 Å². The first-order valence-corrected chi connectivity index (χ1v) is 7.52. The minimum absolute atomic E-state index is 0.188. The van der Waals surface area contributed by atoms with Crippen molar-refractivity contribution in [3.8, 4) is 0 Å². The Labute approximate surface area is 136 Å². The third-order valence-corrected chi connectivity index (χ3v) is 3.62. The standard InChI is InChI=1S/C18H22FN3O/c1-13(15-6-8-16(19)9-7-15)21-18(23)20-12-14-4-10-17(11-5-14)22(2)3/h4-11,13H,12H2,1-3H3,(H2,20,21,23). The highest BCUT2D eigenvalue weighted by molar-refractivity contribution is 5.74. The molecule has 0 spiro atoms. The van der Waals surface area contributed by atoms with E-state index >= 15 is 0 Å². The lowest BCUT2D eigenvalue weighted by Crippen LogP contribution is -2.36. The average Bonchev–Trinajstić information content (AvgIpc) is 2.54. The SMILES string of the molecule is CC(NC(=O)NCc1ccc(N(C)C)cc1)c1ccc(F)cc1. The van der Waals surface area contributed by atoms with E-state index in [0.717, 1.165) is 16.8 Å². The minimum Gasteiger partial charge on any atom is -0.378 e. The molecule has 23 heavy (non-hydrogen) atoms. The van der Waals surface area contributed by atoms with Gasteiger partial charge in [-0.1, -0.05) is 24.3 Å². The van der Waals surface area contributed by atoms with Crippen LogP contribution in [0.2, 0.25) is 0 Å². The van der Waals surface area contributed by atoms with Crippen LogP contribution < -0.4 is 15.5 Å². The van der Waals surface area contributed by atoms with E-state index in [1.165, 1.54) is 12.1 Å². The van der Waals surface area contributed by atoms with Gasteiger partial charge in [-0.25, -0.2) is 9.18 Å². The highest BCUT2D eigenvalue weighted by Crippen LogP contribution is 2.13. The van der Waals surface area contributed by atoms with Crippen LogP contribution in [0.3, 0.4) is 0 Å². The van der Waals surface area contributed by atoms with Crippen LogP contribution in [0.25, 0.3) is 0 Å². The largest absolute Gasteiger partial charge is 0.378 e. The second-order valence-corrected chi connectivity index (χ2v) is 5.66. The van der Waals surface area contributed by atoms with E-state index in [1.54, 1.807) is 12.1 Å².